The SMILES string of the molecule is CNC(=O)[C@@H](NC(=S)N[C@@H]1CCCC[C@H]1N)C(C)(C)C. The molecule has 0 bridgehead atoms. The topological polar surface area (TPSA) is 79.2 Å². The molecule has 0 unspecified atom stereocenters. The molecule has 0 aromatic heterocycles. The zero-order valence-corrected chi connectivity index (χ0v) is 13.8. The molecule has 0 saturated heterocycles. The van der Waals surface area contributed by atoms with Crippen molar-refractivity contribution in [1.29, 1.82) is 0 Å². The highest BCUT2D eigenvalue weighted by atomic mass is 32.1. The maximum atomic E-state index is 12.0. The van der Waals surface area contributed by atoms with E-state index in [1.165, 1.54) is 12.8 Å². The van der Waals surface area contributed by atoms with Crippen LogP contribution in [0.15, 0.2) is 0 Å². The quantitative estimate of drug-likeness (QED) is 0.582. The number of thiocarbonyl (C=S) groups is 1. The summed E-state index contributed by atoms with van der Waals surface area (Å²) in [7, 11) is 1.64. The zero-order valence-electron chi connectivity index (χ0n) is 13.0. The molecule has 6 heteroatoms. The second-order valence-corrected chi connectivity index (χ2v) is 6.99. The van der Waals surface area contributed by atoms with Crippen LogP contribution in [0.4, 0.5) is 0 Å². The smallest absolute Gasteiger partial charge is 0.242 e. The standard InChI is InChI=1S/C14H28N4OS/c1-14(2,3)11(12(19)16-4)18-13(20)17-10-8-6-5-7-9(10)15/h9-11H,5-8,15H2,1-4H3,(H,16,19)(H2,17,18,20)/t9-,10-,11-/m1/s1. The number of rotatable bonds is 3. The van der Waals surface area contributed by atoms with Crippen molar-refractivity contribution in [3.8, 4) is 0 Å². The fourth-order valence-corrected chi connectivity index (χ4v) is 2.77. The molecular formula is C14H28N4OS. The van der Waals surface area contributed by atoms with Gasteiger partial charge in [0.05, 0.1) is 0 Å². The Bertz CT molecular complexity index is 354. The van der Waals surface area contributed by atoms with Gasteiger partial charge in [-0.05, 0) is 30.5 Å². The molecular weight excluding hydrogens is 272 g/mol. The van der Waals surface area contributed by atoms with Crippen LogP contribution in [0.3, 0.4) is 0 Å². The average Bonchev–Trinajstić information content (AvgIpc) is 2.36. The Kier molecular flexibility index (Phi) is 6.20. The van der Waals surface area contributed by atoms with Gasteiger partial charge in [0.15, 0.2) is 5.11 Å². The van der Waals surface area contributed by atoms with Gasteiger partial charge in [-0.15, -0.1) is 0 Å². The number of nitrogens with two attached hydrogens (primary N) is 1. The van der Waals surface area contributed by atoms with Gasteiger partial charge < -0.3 is 21.7 Å². The molecule has 0 spiro atoms. The first kappa shape index (κ1) is 17.2. The van der Waals surface area contributed by atoms with E-state index in [2.05, 4.69) is 16.0 Å². The first-order valence-corrected chi connectivity index (χ1v) is 7.70. The molecule has 1 aliphatic rings. The van der Waals surface area contributed by atoms with Crippen molar-refractivity contribution in [3.05, 3.63) is 0 Å². The van der Waals surface area contributed by atoms with Gasteiger partial charge in [0.2, 0.25) is 5.91 Å². The van der Waals surface area contributed by atoms with Gasteiger partial charge in [-0.2, -0.15) is 0 Å². The lowest BCUT2D eigenvalue weighted by Crippen LogP contribution is -2.58. The number of carbonyl (C=O) groups excluding carboxylic acids is 1. The predicted molar refractivity (Wildman–Crippen MR) is 86.4 cm³/mol. The van der Waals surface area contributed by atoms with Gasteiger partial charge >= 0.3 is 0 Å². The summed E-state index contributed by atoms with van der Waals surface area (Å²) < 4.78 is 0. The van der Waals surface area contributed by atoms with E-state index in [4.69, 9.17) is 18.0 Å². The first-order chi connectivity index (χ1) is 9.25. The molecule has 3 atom stereocenters. The van der Waals surface area contributed by atoms with Crippen LogP contribution in [0.25, 0.3) is 0 Å². The Morgan fingerprint density at radius 3 is 2.40 bits per heavy atom. The third kappa shape index (κ3) is 4.90. The lowest BCUT2D eigenvalue weighted by atomic mass is 9.86. The highest BCUT2D eigenvalue weighted by Crippen LogP contribution is 2.20. The van der Waals surface area contributed by atoms with E-state index in [1.54, 1.807) is 7.05 Å². The fourth-order valence-electron chi connectivity index (χ4n) is 2.50. The van der Waals surface area contributed by atoms with Crippen molar-refractivity contribution in [2.75, 3.05) is 7.05 Å². The summed E-state index contributed by atoms with van der Waals surface area (Å²) in [5.41, 5.74) is 5.88. The van der Waals surface area contributed by atoms with E-state index in [1.807, 2.05) is 20.8 Å². The van der Waals surface area contributed by atoms with Crippen LogP contribution >= 0.6 is 12.2 Å². The summed E-state index contributed by atoms with van der Waals surface area (Å²) in [5.74, 6) is -0.0606. The second-order valence-electron chi connectivity index (χ2n) is 6.59. The van der Waals surface area contributed by atoms with Gasteiger partial charge in [-0.1, -0.05) is 33.6 Å². The molecule has 0 radical (unpaired) electrons. The molecule has 1 fully saturated rings. The van der Waals surface area contributed by atoms with Crippen molar-refractivity contribution in [3.63, 3.8) is 0 Å². The van der Waals surface area contributed by atoms with Crippen LogP contribution in [0.5, 0.6) is 0 Å². The van der Waals surface area contributed by atoms with Crippen LogP contribution in [-0.4, -0.2) is 36.2 Å². The zero-order chi connectivity index (χ0) is 15.3. The number of likely N-dealkylation sites (N-methyl/N-ethyl adjacent to an activating group) is 1. The van der Waals surface area contributed by atoms with Gasteiger partial charge in [0.1, 0.15) is 6.04 Å². The van der Waals surface area contributed by atoms with Crippen LogP contribution in [0.2, 0.25) is 0 Å². The molecule has 0 aromatic rings. The third-order valence-electron chi connectivity index (χ3n) is 3.79. The van der Waals surface area contributed by atoms with E-state index >= 15 is 0 Å². The molecule has 0 aromatic carbocycles. The number of hydrogen-bond donors (Lipinski definition) is 4. The largest absolute Gasteiger partial charge is 0.358 e. The van der Waals surface area contributed by atoms with Crippen molar-refractivity contribution in [1.82, 2.24) is 16.0 Å². The minimum Gasteiger partial charge on any atom is -0.358 e. The molecule has 1 aliphatic carbocycles. The van der Waals surface area contributed by atoms with Crippen LogP contribution in [0, 0.1) is 5.41 Å². The normalized spacial score (nSPS) is 24.6. The molecule has 5 nitrogen and oxygen atoms in total. The predicted octanol–water partition coefficient (Wildman–Crippen LogP) is 0.881. The minimum absolute atomic E-state index is 0.0606. The van der Waals surface area contributed by atoms with Crippen LogP contribution in [0.1, 0.15) is 46.5 Å². The molecule has 20 heavy (non-hydrogen) atoms. The molecule has 1 rings (SSSR count). The third-order valence-corrected chi connectivity index (χ3v) is 4.02. The van der Waals surface area contributed by atoms with E-state index in [0.717, 1.165) is 12.8 Å². The van der Waals surface area contributed by atoms with Gasteiger partial charge in [0, 0.05) is 19.1 Å². The average molecular weight is 300 g/mol. The molecule has 0 heterocycles. The summed E-state index contributed by atoms with van der Waals surface area (Å²) in [4.78, 5) is 12.0. The van der Waals surface area contributed by atoms with Gasteiger partial charge in [-0.25, -0.2) is 0 Å². The molecule has 116 valence electrons. The Morgan fingerprint density at radius 2 is 1.90 bits per heavy atom. The van der Waals surface area contributed by atoms with Crippen LogP contribution < -0.4 is 21.7 Å². The fraction of sp³-hybridized carbons (Fsp3) is 0.857. The highest BCUT2D eigenvalue weighted by Gasteiger charge is 2.32. The molecule has 5 N–H and O–H groups in total. The van der Waals surface area contributed by atoms with Gasteiger partial charge in [0.25, 0.3) is 0 Å². The molecule has 1 saturated carbocycles. The summed E-state index contributed by atoms with van der Waals surface area (Å²) in [6.45, 7) is 6.03. The summed E-state index contributed by atoms with van der Waals surface area (Å²) >= 11 is 5.34. The Hall–Kier alpha value is -0.880. The summed E-state index contributed by atoms with van der Waals surface area (Å²) in [6.07, 6.45) is 4.41. The Labute approximate surface area is 127 Å². The highest BCUT2D eigenvalue weighted by molar-refractivity contribution is 7.80. The van der Waals surface area contributed by atoms with Crippen molar-refractivity contribution in [2.45, 2.75) is 64.6 Å². The summed E-state index contributed by atoms with van der Waals surface area (Å²) in [6, 6.07) is -0.0297. The number of nitrogens with one attached hydrogen (secondary N) is 3. The number of carbonyl (C=O) groups is 1. The minimum atomic E-state index is -0.368. The van der Waals surface area contributed by atoms with E-state index in [0.29, 0.717) is 5.11 Å². The summed E-state index contributed by atoms with van der Waals surface area (Å²) in [5, 5.41) is 9.58. The van der Waals surface area contributed by atoms with Gasteiger partial charge in [-0.3, -0.25) is 4.79 Å². The molecule has 0 aliphatic heterocycles. The second kappa shape index (κ2) is 7.22. The van der Waals surface area contributed by atoms with E-state index in [9.17, 15) is 4.79 Å². The maximum absolute atomic E-state index is 12.0. The Morgan fingerprint density at radius 1 is 1.30 bits per heavy atom. The van der Waals surface area contributed by atoms with Crippen LogP contribution in [-0.2, 0) is 4.79 Å². The van der Waals surface area contributed by atoms with Crippen molar-refractivity contribution >= 4 is 23.2 Å². The first-order valence-electron chi connectivity index (χ1n) is 7.30. The van der Waals surface area contributed by atoms with E-state index in [-0.39, 0.29) is 29.4 Å². The number of amides is 1. The lowest BCUT2D eigenvalue weighted by molar-refractivity contribution is -0.124. The lowest BCUT2D eigenvalue weighted by Gasteiger charge is -2.34. The monoisotopic (exact) mass is 300 g/mol. The Balaban J connectivity index is 2.60. The van der Waals surface area contributed by atoms with Crippen molar-refractivity contribution < 1.29 is 4.79 Å². The van der Waals surface area contributed by atoms with E-state index < -0.39 is 0 Å². The molecule has 1 amide bonds. The van der Waals surface area contributed by atoms with Crippen molar-refractivity contribution in [2.24, 2.45) is 11.1 Å². The maximum Gasteiger partial charge on any atom is 0.242 e. The number of hydrogen-bond acceptors (Lipinski definition) is 3.